The summed E-state index contributed by atoms with van der Waals surface area (Å²) < 4.78 is 28.2. The monoisotopic (exact) mass is 566 g/mol. The largest absolute Gasteiger partial charge is 0.324 e. The molecule has 0 saturated carbocycles. The van der Waals surface area contributed by atoms with Gasteiger partial charge in [-0.2, -0.15) is 4.31 Å². The fourth-order valence-electron chi connectivity index (χ4n) is 3.79. The number of amides is 1. The van der Waals surface area contributed by atoms with Gasteiger partial charge < -0.3 is 5.32 Å². The zero-order chi connectivity index (χ0) is 27.3. The SMILES string of the molecule is Cc1ccc(CN(CC(=O)Nc2ccc(Cl)cc2C(=O)c2ccccc2)S(=O)(=O)c2ccc(Cl)cc2)cc1. The molecule has 194 valence electrons. The molecule has 9 heteroatoms. The Labute approximate surface area is 231 Å². The second-order valence-corrected chi connectivity index (χ2v) is 11.5. The summed E-state index contributed by atoms with van der Waals surface area (Å²) in [5, 5.41) is 3.42. The summed E-state index contributed by atoms with van der Waals surface area (Å²) in [5.41, 5.74) is 2.59. The number of nitrogens with zero attached hydrogens (tertiary/aromatic N) is 1. The summed E-state index contributed by atoms with van der Waals surface area (Å²) in [4.78, 5) is 26.4. The number of sulfonamides is 1. The van der Waals surface area contributed by atoms with Crippen LogP contribution in [-0.4, -0.2) is 31.0 Å². The number of aryl methyl sites for hydroxylation is 1. The lowest BCUT2D eigenvalue weighted by Crippen LogP contribution is -2.37. The predicted octanol–water partition coefficient (Wildman–Crippen LogP) is 6.36. The maximum atomic E-state index is 13.5. The molecule has 38 heavy (non-hydrogen) atoms. The van der Waals surface area contributed by atoms with Gasteiger partial charge >= 0.3 is 0 Å². The summed E-state index contributed by atoms with van der Waals surface area (Å²) in [5.74, 6) is -0.937. The molecule has 0 aliphatic rings. The highest BCUT2D eigenvalue weighted by molar-refractivity contribution is 7.89. The average Bonchev–Trinajstić information content (AvgIpc) is 2.91. The smallest absolute Gasteiger partial charge is 0.243 e. The van der Waals surface area contributed by atoms with Crippen LogP contribution in [0.4, 0.5) is 5.69 Å². The second kappa shape index (κ2) is 11.9. The summed E-state index contributed by atoms with van der Waals surface area (Å²) in [7, 11) is -4.06. The molecule has 4 aromatic rings. The number of hydrogen-bond donors (Lipinski definition) is 1. The standard InChI is InChI=1S/C29H24Cl2N2O4S/c1-20-7-9-21(10-8-20)18-33(38(36,37)25-14-11-23(30)12-15-25)19-28(34)32-27-16-13-24(31)17-26(27)29(35)22-5-3-2-4-6-22/h2-17H,18-19H2,1H3,(H,32,34). The van der Waals surface area contributed by atoms with Crippen LogP contribution in [0, 0.1) is 6.92 Å². The van der Waals surface area contributed by atoms with Crippen molar-refractivity contribution in [2.24, 2.45) is 0 Å². The quantitative estimate of drug-likeness (QED) is 0.239. The van der Waals surface area contributed by atoms with Gasteiger partial charge in [0.15, 0.2) is 5.78 Å². The first kappa shape index (κ1) is 27.5. The number of hydrogen-bond acceptors (Lipinski definition) is 4. The van der Waals surface area contributed by atoms with Crippen molar-refractivity contribution in [3.05, 3.63) is 129 Å². The molecule has 1 amide bonds. The minimum atomic E-state index is -4.06. The van der Waals surface area contributed by atoms with Crippen LogP contribution >= 0.6 is 23.2 Å². The lowest BCUT2D eigenvalue weighted by atomic mass is 10.0. The van der Waals surface area contributed by atoms with Crippen molar-refractivity contribution in [1.29, 1.82) is 0 Å². The minimum absolute atomic E-state index is 0.00764. The molecule has 0 unspecified atom stereocenters. The first-order valence-corrected chi connectivity index (χ1v) is 13.8. The van der Waals surface area contributed by atoms with Gasteiger partial charge in [-0.15, -0.1) is 0 Å². The van der Waals surface area contributed by atoms with Crippen molar-refractivity contribution in [1.82, 2.24) is 4.31 Å². The minimum Gasteiger partial charge on any atom is -0.324 e. The van der Waals surface area contributed by atoms with Gasteiger partial charge in [-0.25, -0.2) is 8.42 Å². The van der Waals surface area contributed by atoms with Gasteiger partial charge in [0.2, 0.25) is 15.9 Å². The molecular formula is C29H24Cl2N2O4S. The Morgan fingerprint density at radius 1 is 0.816 bits per heavy atom. The van der Waals surface area contributed by atoms with E-state index in [2.05, 4.69) is 5.32 Å². The van der Waals surface area contributed by atoms with E-state index < -0.39 is 22.5 Å². The molecule has 0 spiro atoms. The zero-order valence-electron chi connectivity index (χ0n) is 20.4. The van der Waals surface area contributed by atoms with E-state index in [-0.39, 0.29) is 28.5 Å². The van der Waals surface area contributed by atoms with Gasteiger partial charge in [-0.1, -0.05) is 83.4 Å². The van der Waals surface area contributed by atoms with Gasteiger partial charge in [-0.3, -0.25) is 9.59 Å². The van der Waals surface area contributed by atoms with E-state index in [4.69, 9.17) is 23.2 Å². The summed E-state index contributed by atoms with van der Waals surface area (Å²) in [6.45, 7) is 1.41. The first-order chi connectivity index (χ1) is 18.1. The molecule has 4 rings (SSSR count). The van der Waals surface area contributed by atoms with Crippen LogP contribution in [0.15, 0.2) is 102 Å². The molecule has 0 fully saturated rings. The first-order valence-electron chi connectivity index (χ1n) is 11.6. The van der Waals surface area contributed by atoms with Crippen LogP contribution in [0.2, 0.25) is 10.0 Å². The maximum absolute atomic E-state index is 13.5. The third-order valence-corrected chi connectivity index (χ3v) is 8.08. The van der Waals surface area contributed by atoms with Crippen LogP contribution in [0.25, 0.3) is 0 Å². The Hall–Kier alpha value is -3.49. The van der Waals surface area contributed by atoms with Crippen LogP contribution in [0.5, 0.6) is 0 Å². The van der Waals surface area contributed by atoms with Crippen molar-refractivity contribution in [2.75, 3.05) is 11.9 Å². The van der Waals surface area contributed by atoms with Crippen LogP contribution in [-0.2, 0) is 21.4 Å². The zero-order valence-corrected chi connectivity index (χ0v) is 22.7. The Morgan fingerprint density at radius 2 is 1.45 bits per heavy atom. The average molecular weight is 567 g/mol. The van der Waals surface area contributed by atoms with Crippen LogP contribution in [0.3, 0.4) is 0 Å². The molecule has 0 heterocycles. The predicted molar refractivity (Wildman–Crippen MR) is 150 cm³/mol. The van der Waals surface area contributed by atoms with E-state index in [0.717, 1.165) is 9.87 Å². The van der Waals surface area contributed by atoms with E-state index in [9.17, 15) is 18.0 Å². The number of benzene rings is 4. The normalized spacial score (nSPS) is 11.4. The number of anilines is 1. The second-order valence-electron chi connectivity index (χ2n) is 8.65. The molecule has 0 radical (unpaired) electrons. The highest BCUT2D eigenvalue weighted by Crippen LogP contribution is 2.25. The van der Waals surface area contributed by atoms with Crippen LogP contribution in [0.1, 0.15) is 27.0 Å². The molecule has 0 aromatic heterocycles. The summed E-state index contributed by atoms with van der Waals surface area (Å²) >= 11 is 12.1. The van der Waals surface area contributed by atoms with Gasteiger partial charge in [0.25, 0.3) is 0 Å². The summed E-state index contributed by atoms with van der Waals surface area (Å²) in [6.07, 6.45) is 0. The molecule has 0 aliphatic heterocycles. The Kier molecular flexibility index (Phi) is 8.64. The van der Waals surface area contributed by atoms with Crippen molar-refractivity contribution in [3.8, 4) is 0 Å². The van der Waals surface area contributed by atoms with Crippen molar-refractivity contribution in [2.45, 2.75) is 18.4 Å². The molecule has 0 bridgehead atoms. The lowest BCUT2D eigenvalue weighted by Gasteiger charge is -2.22. The molecule has 4 aromatic carbocycles. The number of carbonyl (C=O) groups is 2. The van der Waals surface area contributed by atoms with E-state index >= 15 is 0 Å². The number of halogens is 2. The van der Waals surface area contributed by atoms with E-state index in [1.807, 2.05) is 31.2 Å². The van der Waals surface area contributed by atoms with E-state index in [0.29, 0.717) is 21.2 Å². The lowest BCUT2D eigenvalue weighted by molar-refractivity contribution is -0.116. The number of rotatable bonds is 9. The molecule has 6 nitrogen and oxygen atoms in total. The molecule has 0 aliphatic carbocycles. The Balaban J connectivity index is 1.63. The van der Waals surface area contributed by atoms with Crippen molar-refractivity contribution >= 4 is 50.6 Å². The molecule has 0 atom stereocenters. The maximum Gasteiger partial charge on any atom is 0.243 e. The van der Waals surface area contributed by atoms with Gasteiger partial charge in [-0.05, 0) is 55.0 Å². The number of carbonyl (C=O) groups excluding carboxylic acids is 2. The van der Waals surface area contributed by atoms with Gasteiger partial charge in [0.05, 0.1) is 17.1 Å². The number of nitrogens with one attached hydrogen (secondary N) is 1. The van der Waals surface area contributed by atoms with Gasteiger partial charge in [0.1, 0.15) is 0 Å². The molecular weight excluding hydrogens is 543 g/mol. The fourth-order valence-corrected chi connectivity index (χ4v) is 5.47. The summed E-state index contributed by atoms with van der Waals surface area (Å²) in [6, 6.07) is 26.3. The third kappa shape index (κ3) is 6.68. The third-order valence-electron chi connectivity index (χ3n) is 5.79. The molecule has 1 N–H and O–H groups in total. The van der Waals surface area contributed by atoms with E-state index in [1.54, 1.807) is 36.4 Å². The fraction of sp³-hybridized carbons (Fsp3) is 0.103. The van der Waals surface area contributed by atoms with Crippen molar-refractivity contribution < 1.29 is 18.0 Å². The topological polar surface area (TPSA) is 83.6 Å². The highest BCUT2D eigenvalue weighted by Gasteiger charge is 2.27. The van der Waals surface area contributed by atoms with Crippen LogP contribution < -0.4 is 5.32 Å². The van der Waals surface area contributed by atoms with Gasteiger partial charge in [0, 0.05) is 27.7 Å². The van der Waals surface area contributed by atoms with E-state index in [1.165, 1.54) is 36.4 Å². The number of ketones is 1. The molecule has 0 saturated heterocycles. The van der Waals surface area contributed by atoms with Crippen molar-refractivity contribution in [3.63, 3.8) is 0 Å². The Morgan fingerprint density at radius 3 is 2.11 bits per heavy atom. The Bertz CT molecular complexity index is 1560. The highest BCUT2D eigenvalue weighted by atomic mass is 35.5.